The SMILES string of the molecule is CN=C/C=C\CCCO. The van der Waals surface area contributed by atoms with Crippen LogP contribution in [0.3, 0.4) is 0 Å². The number of aliphatic imine (C=N–C) groups is 1. The van der Waals surface area contributed by atoms with Crippen molar-refractivity contribution in [2.24, 2.45) is 4.99 Å². The normalized spacial score (nSPS) is 11.8. The first-order valence-corrected chi connectivity index (χ1v) is 3.10. The Labute approximate surface area is 55.9 Å². The van der Waals surface area contributed by atoms with E-state index >= 15 is 0 Å². The third-order valence-electron chi connectivity index (χ3n) is 0.900. The monoisotopic (exact) mass is 127 g/mol. The molecule has 0 fully saturated rings. The molecule has 0 aromatic heterocycles. The van der Waals surface area contributed by atoms with Crippen LogP contribution in [0.25, 0.3) is 0 Å². The highest BCUT2D eigenvalue weighted by Crippen LogP contribution is 1.86. The minimum Gasteiger partial charge on any atom is -0.396 e. The average molecular weight is 127 g/mol. The number of hydrogen-bond donors (Lipinski definition) is 1. The number of allylic oxidation sites excluding steroid dienone is 2. The Hall–Kier alpha value is -0.630. The Bertz CT molecular complexity index is 97.1. The van der Waals surface area contributed by atoms with Gasteiger partial charge in [0.25, 0.3) is 0 Å². The van der Waals surface area contributed by atoms with Crippen molar-refractivity contribution in [2.75, 3.05) is 13.7 Å². The van der Waals surface area contributed by atoms with E-state index < -0.39 is 0 Å². The molecule has 0 bridgehead atoms. The lowest BCUT2D eigenvalue weighted by Crippen LogP contribution is -1.78. The number of unbranched alkanes of at least 4 members (excludes halogenated alkanes) is 1. The van der Waals surface area contributed by atoms with Crippen LogP contribution in [0, 0.1) is 0 Å². The second kappa shape index (κ2) is 7.37. The van der Waals surface area contributed by atoms with Crippen molar-refractivity contribution in [3.05, 3.63) is 12.2 Å². The molecule has 0 unspecified atom stereocenters. The third-order valence-corrected chi connectivity index (χ3v) is 0.900. The first kappa shape index (κ1) is 8.37. The highest BCUT2D eigenvalue weighted by atomic mass is 16.2. The number of nitrogens with zero attached hydrogens (tertiary/aromatic N) is 1. The van der Waals surface area contributed by atoms with Crippen molar-refractivity contribution < 1.29 is 5.11 Å². The van der Waals surface area contributed by atoms with E-state index in [4.69, 9.17) is 5.11 Å². The van der Waals surface area contributed by atoms with Gasteiger partial charge in [-0.2, -0.15) is 0 Å². The van der Waals surface area contributed by atoms with E-state index in [1.807, 2.05) is 12.2 Å². The van der Waals surface area contributed by atoms with Crippen molar-refractivity contribution in [3.8, 4) is 0 Å². The molecule has 1 N–H and O–H groups in total. The van der Waals surface area contributed by atoms with Gasteiger partial charge in [-0.15, -0.1) is 0 Å². The fraction of sp³-hybridized carbons (Fsp3) is 0.571. The van der Waals surface area contributed by atoms with Crippen LogP contribution in [0.1, 0.15) is 12.8 Å². The zero-order valence-corrected chi connectivity index (χ0v) is 5.75. The van der Waals surface area contributed by atoms with Crippen LogP contribution in [-0.4, -0.2) is 25.0 Å². The van der Waals surface area contributed by atoms with Gasteiger partial charge >= 0.3 is 0 Å². The van der Waals surface area contributed by atoms with Gasteiger partial charge in [-0.05, 0) is 18.9 Å². The molecule has 0 spiro atoms. The Morgan fingerprint density at radius 1 is 1.56 bits per heavy atom. The molecule has 0 saturated heterocycles. The highest BCUT2D eigenvalue weighted by molar-refractivity contribution is 5.70. The highest BCUT2D eigenvalue weighted by Gasteiger charge is 1.75. The molecule has 0 atom stereocenters. The van der Waals surface area contributed by atoms with Crippen molar-refractivity contribution in [1.82, 2.24) is 0 Å². The first-order valence-electron chi connectivity index (χ1n) is 3.10. The largest absolute Gasteiger partial charge is 0.396 e. The van der Waals surface area contributed by atoms with E-state index in [1.165, 1.54) is 0 Å². The number of aliphatic hydroxyl groups is 1. The molecule has 0 aliphatic rings. The van der Waals surface area contributed by atoms with Gasteiger partial charge in [0.1, 0.15) is 0 Å². The Morgan fingerprint density at radius 3 is 2.89 bits per heavy atom. The Morgan fingerprint density at radius 2 is 2.33 bits per heavy atom. The van der Waals surface area contributed by atoms with E-state index in [0.29, 0.717) is 0 Å². The smallest absolute Gasteiger partial charge is 0.0433 e. The van der Waals surface area contributed by atoms with Gasteiger partial charge in [0.15, 0.2) is 0 Å². The molecule has 0 heterocycles. The van der Waals surface area contributed by atoms with Gasteiger partial charge in [0, 0.05) is 19.9 Å². The van der Waals surface area contributed by atoms with Gasteiger partial charge in [-0.1, -0.05) is 6.08 Å². The molecule has 0 rings (SSSR count). The number of hydrogen-bond acceptors (Lipinski definition) is 2. The maximum Gasteiger partial charge on any atom is 0.0433 e. The van der Waals surface area contributed by atoms with Gasteiger partial charge in [-0.25, -0.2) is 0 Å². The van der Waals surface area contributed by atoms with Crippen molar-refractivity contribution in [1.29, 1.82) is 0 Å². The molecule has 0 aromatic carbocycles. The average Bonchev–Trinajstić information content (AvgIpc) is 1.89. The summed E-state index contributed by atoms with van der Waals surface area (Å²) in [5.74, 6) is 0. The lowest BCUT2D eigenvalue weighted by Gasteiger charge is -1.84. The Kier molecular flexibility index (Phi) is 6.85. The van der Waals surface area contributed by atoms with Crippen LogP contribution < -0.4 is 0 Å². The molecular weight excluding hydrogens is 114 g/mol. The lowest BCUT2D eigenvalue weighted by molar-refractivity contribution is 0.289. The summed E-state index contributed by atoms with van der Waals surface area (Å²) < 4.78 is 0. The first-order chi connectivity index (χ1) is 4.41. The molecule has 9 heavy (non-hydrogen) atoms. The Balaban J connectivity index is 3.04. The second-order valence-corrected chi connectivity index (χ2v) is 1.70. The number of aliphatic hydroxyl groups excluding tert-OH is 1. The minimum atomic E-state index is 0.271. The second-order valence-electron chi connectivity index (χ2n) is 1.70. The van der Waals surface area contributed by atoms with E-state index in [0.717, 1.165) is 12.8 Å². The maximum atomic E-state index is 8.36. The van der Waals surface area contributed by atoms with Gasteiger partial charge in [0.05, 0.1) is 0 Å². The van der Waals surface area contributed by atoms with Crippen molar-refractivity contribution in [2.45, 2.75) is 12.8 Å². The molecule has 0 aliphatic carbocycles. The molecular formula is C7H13NO. The zero-order valence-electron chi connectivity index (χ0n) is 5.75. The summed E-state index contributed by atoms with van der Waals surface area (Å²) in [4.78, 5) is 3.76. The number of rotatable bonds is 4. The van der Waals surface area contributed by atoms with Gasteiger partial charge in [0.2, 0.25) is 0 Å². The van der Waals surface area contributed by atoms with Gasteiger partial charge < -0.3 is 5.11 Å². The summed E-state index contributed by atoms with van der Waals surface area (Å²) in [5, 5.41) is 8.36. The molecule has 52 valence electrons. The molecule has 2 heteroatoms. The molecule has 0 amide bonds. The summed E-state index contributed by atoms with van der Waals surface area (Å²) in [7, 11) is 1.73. The van der Waals surface area contributed by atoms with Crippen LogP contribution in [0.2, 0.25) is 0 Å². The summed E-state index contributed by atoms with van der Waals surface area (Å²) in [6, 6.07) is 0. The quantitative estimate of drug-likeness (QED) is 0.443. The van der Waals surface area contributed by atoms with Gasteiger partial charge in [-0.3, -0.25) is 4.99 Å². The maximum absolute atomic E-state index is 8.36. The third kappa shape index (κ3) is 7.37. The molecule has 0 aliphatic heterocycles. The summed E-state index contributed by atoms with van der Waals surface area (Å²) >= 11 is 0. The summed E-state index contributed by atoms with van der Waals surface area (Å²) in [5.41, 5.74) is 0. The van der Waals surface area contributed by atoms with Crippen LogP contribution >= 0.6 is 0 Å². The van der Waals surface area contributed by atoms with E-state index in [-0.39, 0.29) is 6.61 Å². The molecule has 2 nitrogen and oxygen atoms in total. The molecule has 0 radical (unpaired) electrons. The minimum absolute atomic E-state index is 0.271. The van der Waals surface area contributed by atoms with Crippen molar-refractivity contribution >= 4 is 6.21 Å². The summed E-state index contributed by atoms with van der Waals surface area (Å²) in [6.45, 7) is 0.271. The van der Waals surface area contributed by atoms with Crippen LogP contribution in [0.4, 0.5) is 0 Å². The lowest BCUT2D eigenvalue weighted by atomic mass is 10.3. The fourth-order valence-electron chi connectivity index (χ4n) is 0.452. The zero-order chi connectivity index (χ0) is 6.95. The van der Waals surface area contributed by atoms with E-state index in [9.17, 15) is 0 Å². The molecule has 0 saturated carbocycles. The van der Waals surface area contributed by atoms with Crippen molar-refractivity contribution in [3.63, 3.8) is 0 Å². The van der Waals surface area contributed by atoms with E-state index in [2.05, 4.69) is 4.99 Å². The molecule has 0 aromatic rings. The standard InChI is InChI=1S/C7H13NO/c1-8-6-4-2-3-5-7-9/h2,4,6,9H,3,5,7H2,1H3/b4-2-,8-6?. The van der Waals surface area contributed by atoms with Crippen LogP contribution in [0.15, 0.2) is 17.1 Å². The summed E-state index contributed by atoms with van der Waals surface area (Å²) in [6.07, 6.45) is 7.38. The van der Waals surface area contributed by atoms with E-state index in [1.54, 1.807) is 13.3 Å². The van der Waals surface area contributed by atoms with Crippen LogP contribution in [0.5, 0.6) is 0 Å². The fourth-order valence-corrected chi connectivity index (χ4v) is 0.452. The predicted molar refractivity (Wildman–Crippen MR) is 39.9 cm³/mol. The van der Waals surface area contributed by atoms with Crippen LogP contribution in [-0.2, 0) is 0 Å². The predicted octanol–water partition coefficient (Wildman–Crippen LogP) is 1.02. The topological polar surface area (TPSA) is 32.6 Å².